The first-order valence-corrected chi connectivity index (χ1v) is 10.9. The lowest BCUT2D eigenvalue weighted by molar-refractivity contribution is -0.384. The second kappa shape index (κ2) is 10.5. The third-order valence-electron chi connectivity index (χ3n) is 4.32. The molecule has 0 fully saturated rings. The number of hydrogen-bond acceptors (Lipinski definition) is 5. The Hall–Kier alpha value is -3.07. The molecule has 0 saturated heterocycles. The Bertz CT molecular complexity index is 1150. The van der Waals surface area contributed by atoms with Gasteiger partial charge in [-0.15, -0.1) is 11.8 Å². The van der Waals surface area contributed by atoms with Crippen molar-refractivity contribution >= 4 is 63.8 Å². The molecule has 3 aromatic carbocycles. The monoisotopic (exact) mass is 489 g/mol. The number of nitro benzene ring substituents is 1. The van der Waals surface area contributed by atoms with E-state index in [1.54, 1.807) is 43.3 Å². The van der Waals surface area contributed by atoms with E-state index in [-0.39, 0.29) is 22.5 Å². The summed E-state index contributed by atoms with van der Waals surface area (Å²) in [6, 6.07) is 17.3. The fraction of sp³-hybridized carbons (Fsp3) is 0.0909. The van der Waals surface area contributed by atoms with E-state index in [9.17, 15) is 19.7 Å². The van der Waals surface area contributed by atoms with E-state index in [0.717, 1.165) is 4.90 Å². The van der Waals surface area contributed by atoms with Gasteiger partial charge in [-0.05, 0) is 61.5 Å². The molecule has 0 heterocycles. The van der Waals surface area contributed by atoms with Crippen molar-refractivity contribution in [2.75, 3.05) is 10.6 Å². The van der Waals surface area contributed by atoms with Gasteiger partial charge in [-0.25, -0.2) is 0 Å². The van der Waals surface area contributed by atoms with Crippen LogP contribution in [0.4, 0.5) is 17.1 Å². The van der Waals surface area contributed by atoms with Gasteiger partial charge in [0.15, 0.2) is 0 Å². The molecular formula is C22H17Cl2N3O4S. The van der Waals surface area contributed by atoms with Gasteiger partial charge < -0.3 is 10.6 Å². The lowest BCUT2D eigenvalue weighted by atomic mass is 10.2. The van der Waals surface area contributed by atoms with Crippen molar-refractivity contribution in [2.45, 2.75) is 17.1 Å². The summed E-state index contributed by atoms with van der Waals surface area (Å²) < 4.78 is 0. The third kappa shape index (κ3) is 6.23. The molecule has 0 radical (unpaired) electrons. The highest BCUT2D eigenvalue weighted by Crippen LogP contribution is 2.27. The van der Waals surface area contributed by atoms with E-state index in [0.29, 0.717) is 22.0 Å². The molecule has 0 aliphatic carbocycles. The molecule has 1 atom stereocenters. The Balaban J connectivity index is 1.56. The fourth-order valence-electron chi connectivity index (χ4n) is 2.66. The minimum absolute atomic E-state index is 0.0454. The Kier molecular flexibility index (Phi) is 7.74. The average Bonchev–Trinajstić information content (AvgIpc) is 2.75. The van der Waals surface area contributed by atoms with Crippen molar-refractivity contribution in [3.63, 3.8) is 0 Å². The average molecular weight is 490 g/mol. The molecule has 2 N–H and O–H groups in total. The Morgan fingerprint density at radius 3 is 2.12 bits per heavy atom. The van der Waals surface area contributed by atoms with Gasteiger partial charge in [0.1, 0.15) is 0 Å². The van der Waals surface area contributed by atoms with Crippen LogP contribution in [0, 0.1) is 10.1 Å². The maximum Gasteiger partial charge on any atom is 0.269 e. The first-order chi connectivity index (χ1) is 15.2. The topological polar surface area (TPSA) is 101 Å². The molecule has 0 bridgehead atoms. The molecule has 164 valence electrons. The molecule has 3 rings (SSSR count). The number of nitro groups is 1. The summed E-state index contributed by atoms with van der Waals surface area (Å²) in [4.78, 5) is 35.9. The molecule has 0 saturated carbocycles. The minimum Gasteiger partial charge on any atom is -0.325 e. The van der Waals surface area contributed by atoms with Gasteiger partial charge in [-0.1, -0.05) is 23.2 Å². The van der Waals surface area contributed by atoms with Gasteiger partial charge in [-0.3, -0.25) is 19.7 Å². The van der Waals surface area contributed by atoms with Gasteiger partial charge in [0.25, 0.3) is 11.6 Å². The SMILES string of the molecule is CC(Sc1ccc(NC(=O)c2ccc(Cl)cc2Cl)cc1)C(=O)Nc1ccc([N+](=O)[O-])cc1. The van der Waals surface area contributed by atoms with Crippen molar-refractivity contribution in [2.24, 2.45) is 0 Å². The highest BCUT2D eigenvalue weighted by molar-refractivity contribution is 8.00. The lowest BCUT2D eigenvalue weighted by Crippen LogP contribution is -2.22. The fourth-order valence-corrected chi connectivity index (χ4v) is 4.02. The van der Waals surface area contributed by atoms with E-state index < -0.39 is 10.2 Å². The maximum absolute atomic E-state index is 12.4. The smallest absolute Gasteiger partial charge is 0.269 e. The van der Waals surface area contributed by atoms with Gasteiger partial charge in [0.05, 0.1) is 20.8 Å². The zero-order valence-corrected chi connectivity index (χ0v) is 19.0. The number of thioether (sulfide) groups is 1. The van der Waals surface area contributed by atoms with Crippen LogP contribution in [0.5, 0.6) is 0 Å². The molecule has 0 spiro atoms. The number of amides is 2. The first kappa shape index (κ1) is 23.6. The zero-order valence-electron chi connectivity index (χ0n) is 16.7. The van der Waals surface area contributed by atoms with Gasteiger partial charge in [-0.2, -0.15) is 0 Å². The second-order valence-electron chi connectivity index (χ2n) is 6.66. The zero-order chi connectivity index (χ0) is 23.3. The van der Waals surface area contributed by atoms with Crippen LogP contribution in [-0.4, -0.2) is 22.0 Å². The van der Waals surface area contributed by atoms with Crippen molar-refractivity contribution < 1.29 is 14.5 Å². The standard InChI is InChI=1S/C22H17Cl2N3O4S/c1-13(21(28)25-15-3-7-17(8-4-15)27(30)31)32-18-9-5-16(6-10-18)26-22(29)19-11-2-14(23)12-20(19)24/h2-13H,1H3,(H,25,28)(H,26,29). The van der Waals surface area contributed by atoms with E-state index >= 15 is 0 Å². The minimum atomic E-state index is -0.500. The normalized spacial score (nSPS) is 11.5. The highest BCUT2D eigenvalue weighted by atomic mass is 35.5. The number of rotatable bonds is 7. The number of non-ortho nitro benzene ring substituents is 1. The summed E-state index contributed by atoms with van der Waals surface area (Å²) in [6.07, 6.45) is 0. The molecule has 0 aliphatic heterocycles. The molecule has 7 nitrogen and oxygen atoms in total. The number of nitrogens with zero attached hydrogens (tertiary/aromatic N) is 1. The molecule has 2 amide bonds. The van der Waals surface area contributed by atoms with Crippen LogP contribution < -0.4 is 10.6 Å². The largest absolute Gasteiger partial charge is 0.325 e. The molecule has 1 unspecified atom stereocenters. The van der Waals surface area contributed by atoms with Crippen molar-refractivity contribution in [1.29, 1.82) is 0 Å². The summed E-state index contributed by atoms with van der Waals surface area (Å²) in [5.74, 6) is -0.596. The van der Waals surface area contributed by atoms with Gasteiger partial charge in [0.2, 0.25) is 5.91 Å². The molecule has 32 heavy (non-hydrogen) atoms. The van der Waals surface area contributed by atoms with E-state index in [4.69, 9.17) is 23.2 Å². The predicted molar refractivity (Wildman–Crippen MR) is 128 cm³/mol. The predicted octanol–water partition coefficient (Wildman–Crippen LogP) is 6.27. The Morgan fingerprint density at radius 2 is 1.53 bits per heavy atom. The molecular weight excluding hydrogens is 473 g/mol. The summed E-state index contributed by atoms with van der Waals surface area (Å²) in [5, 5.41) is 16.5. The number of carbonyl (C=O) groups is 2. The van der Waals surface area contributed by atoms with Crippen LogP contribution in [0.3, 0.4) is 0 Å². The van der Waals surface area contributed by atoms with Gasteiger partial charge in [0, 0.05) is 33.4 Å². The van der Waals surface area contributed by atoms with Crippen molar-refractivity contribution in [1.82, 2.24) is 0 Å². The highest BCUT2D eigenvalue weighted by Gasteiger charge is 2.16. The van der Waals surface area contributed by atoms with Crippen LogP contribution >= 0.6 is 35.0 Å². The first-order valence-electron chi connectivity index (χ1n) is 9.31. The Labute approximate surface area is 198 Å². The molecule has 10 heteroatoms. The van der Waals surface area contributed by atoms with Crippen LogP contribution in [0.25, 0.3) is 0 Å². The number of benzene rings is 3. The Morgan fingerprint density at radius 1 is 0.938 bits per heavy atom. The summed E-state index contributed by atoms with van der Waals surface area (Å²) in [6.45, 7) is 1.75. The number of carbonyl (C=O) groups excluding carboxylic acids is 2. The number of anilines is 2. The third-order valence-corrected chi connectivity index (χ3v) is 5.98. The quantitative estimate of drug-likeness (QED) is 0.231. The maximum atomic E-state index is 12.4. The van der Waals surface area contributed by atoms with Crippen LogP contribution in [-0.2, 0) is 4.79 Å². The molecule has 0 aromatic heterocycles. The van der Waals surface area contributed by atoms with E-state index in [1.165, 1.54) is 42.1 Å². The summed E-state index contributed by atoms with van der Waals surface area (Å²) in [7, 11) is 0. The summed E-state index contributed by atoms with van der Waals surface area (Å²) >= 11 is 13.3. The van der Waals surface area contributed by atoms with Crippen molar-refractivity contribution in [3.8, 4) is 0 Å². The van der Waals surface area contributed by atoms with Crippen LogP contribution in [0.15, 0.2) is 71.6 Å². The summed E-state index contributed by atoms with van der Waals surface area (Å²) in [5.41, 5.74) is 1.32. The number of nitrogens with one attached hydrogen (secondary N) is 2. The van der Waals surface area contributed by atoms with Crippen LogP contribution in [0.1, 0.15) is 17.3 Å². The van der Waals surface area contributed by atoms with Gasteiger partial charge >= 0.3 is 0 Å². The second-order valence-corrected chi connectivity index (χ2v) is 8.91. The number of halogens is 2. The number of hydrogen-bond donors (Lipinski definition) is 2. The van der Waals surface area contributed by atoms with Crippen LogP contribution in [0.2, 0.25) is 10.0 Å². The molecule has 0 aliphatic rings. The van der Waals surface area contributed by atoms with E-state index in [2.05, 4.69) is 10.6 Å². The lowest BCUT2D eigenvalue weighted by Gasteiger charge is -2.13. The molecule has 3 aromatic rings. The van der Waals surface area contributed by atoms with Crippen molar-refractivity contribution in [3.05, 3.63) is 92.5 Å². The van der Waals surface area contributed by atoms with E-state index in [1.807, 2.05) is 0 Å².